The highest BCUT2D eigenvalue weighted by Crippen LogP contribution is 2.09. The number of amides is 1. The summed E-state index contributed by atoms with van der Waals surface area (Å²) >= 11 is 0. The highest BCUT2D eigenvalue weighted by atomic mass is 16.5. The highest BCUT2D eigenvalue weighted by molar-refractivity contribution is 5.92. The maximum Gasteiger partial charge on any atom is 0.254 e. The Morgan fingerprint density at radius 2 is 2.19 bits per heavy atom. The quantitative estimate of drug-likeness (QED) is 0.624. The van der Waals surface area contributed by atoms with Crippen LogP contribution >= 0.6 is 0 Å². The fourth-order valence-corrected chi connectivity index (χ4v) is 1.70. The summed E-state index contributed by atoms with van der Waals surface area (Å²) in [5.41, 5.74) is 6.36. The van der Waals surface area contributed by atoms with Crippen LogP contribution in [0.2, 0.25) is 0 Å². The molecule has 0 unspecified atom stereocenters. The third-order valence-electron chi connectivity index (χ3n) is 2.74. The summed E-state index contributed by atoms with van der Waals surface area (Å²) in [6, 6.07) is 3.37. The fourth-order valence-electron chi connectivity index (χ4n) is 1.70. The summed E-state index contributed by atoms with van der Waals surface area (Å²) < 4.78 is 7.24. The van der Waals surface area contributed by atoms with E-state index in [2.05, 4.69) is 5.18 Å². The number of rotatable bonds is 6. The fraction of sp³-hybridized carbons (Fsp3) is 0.143. The third-order valence-corrected chi connectivity index (χ3v) is 2.74. The molecule has 7 nitrogen and oxygen atoms in total. The monoisotopic (exact) mass is 287 g/mol. The van der Waals surface area contributed by atoms with Gasteiger partial charge in [-0.05, 0) is 29.0 Å². The van der Waals surface area contributed by atoms with E-state index in [1.54, 1.807) is 58.5 Å². The Morgan fingerprint density at radius 1 is 1.43 bits per heavy atom. The van der Waals surface area contributed by atoms with E-state index in [4.69, 9.17) is 10.5 Å². The van der Waals surface area contributed by atoms with Crippen molar-refractivity contribution < 1.29 is 14.1 Å². The molecule has 0 bridgehead atoms. The summed E-state index contributed by atoms with van der Waals surface area (Å²) in [5, 5.41) is 2.70. The Bertz CT molecular complexity index is 606. The number of carbonyl (C=O) groups is 1. The van der Waals surface area contributed by atoms with E-state index in [1.165, 1.54) is 6.20 Å². The molecule has 1 aliphatic rings. The molecule has 0 aliphatic carbocycles. The van der Waals surface area contributed by atoms with Crippen LogP contribution in [0.1, 0.15) is 10.4 Å². The number of pyridine rings is 1. The van der Waals surface area contributed by atoms with Gasteiger partial charge in [-0.25, -0.2) is 0 Å². The minimum absolute atomic E-state index is 0.290. The summed E-state index contributed by atoms with van der Waals surface area (Å²) in [5.74, 6) is -0.477. The van der Waals surface area contributed by atoms with Gasteiger partial charge in [-0.15, -0.1) is 4.91 Å². The Balaban J connectivity index is 1.83. The first-order chi connectivity index (χ1) is 10.2. The number of carbonyl (C=O) groups excluding carboxylic acids is 1. The van der Waals surface area contributed by atoms with Crippen molar-refractivity contribution in [3.05, 3.63) is 71.3 Å². The SMILES string of the molecule is NC(=O)c1ccc[n+](COCN2C=CC(=CN=O)C=C2)c1. The predicted molar refractivity (Wildman–Crippen MR) is 75.1 cm³/mol. The molecular formula is C14H15N4O3+. The van der Waals surface area contributed by atoms with E-state index in [9.17, 15) is 9.70 Å². The first-order valence-electron chi connectivity index (χ1n) is 6.20. The molecule has 21 heavy (non-hydrogen) atoms. The number of nitrogens with zero attached hydrogens (tertiary/aromatic N) is 3. The first-order valence-corrected chi connectivity index (χ1v) is 6.20. The molecular weight excluding hydrogens is 272 g/mol. The van der Waals surface area contributed by atoms with Crippen LogP contribution in [0.15, 0.2) is 66.0 Å². The van der Waals surface area contributed by atoms with Gasteiger partial charge in [-0.1, -0.05) is 0 Å². The highest BCUT2D eigenvalue weighted by Gasteiger charge is 2.07. The van der Waals surface area contributed by atoms with Gasteiger partial charge >= 0.3 is 0 Å². The second kappa shape index (κ2) is 7.11. The van der Waals surface area contributed by atoms with Gasteiger partial charge in [0.1, 0.15) is 12.3 Å². The van der Waals surface area contributed by atoms with Crippen LogP contribution in [0.4, 0.5) is 0 Å². The second-order valence-corrected chi connectivity index (χ2v) is 4.31. The molecule has 1 aromatic rings. The number of nitrogens with two attached hydrogens (primary N) is 1. The van der Waals surface area contributed by atoms with Gasteiger partial charge in [0.25, 0.3) is 12.6 Å². The van der Waals surface area contributed by atoms with Crippen LogP contribution in [0.5, 0.6) is 0 Å². The van der Waals surface area contributed by atoms with Crippen molar-refractivity contribution in [3.63, 3.8) is 0 Å². The number of primary amides is 1. The third kappa shape index (κ3) is 4.36. The van der Waals surface area contributed by atoms with Gasteiger partial charge in [0, 0.05) is 18.5 Å². The lowest BCUT2D eigenvalue weighted by atomic mass is 10.2. The molecule has 108 valence electrons. The van der Waals surface area contributed by atoms with Crippen molar-refractivity contribution in [1.82, 2.24) is 4.90 Å². The number of hydrogen-bond acceptors (Lipinski definition) is 5. The van der Waals surface area contributed by atoms with Gasteiger partial charge in [0.15, 0.2) is 12.4 Å². The van der Waals surface area contributed by atoms with E-state index in [0.29, 0.717) is 12.3 Å². The number of nitroso groups, excluding NO2 is 1. The lowest BCUT2D eigenvalue weighted by Crippen LogP contribution is -2.37. The molecule has 1 aromatic heterocycles. The molecule has 0 spiro atoms. The van der Waals surface area contributed by atoms with Crippen LogP contribution in [-0.4, -0.2) is 17.5 Å². The summed E-state index contributed by atoms with van der Waals surface area (Å²) in [4.78, 5) is 23.0. The molecule has 2 N–H and O–H groups in total. The molecule has 2 heterocycles. The lowest BCUT2D eigenvalue weighted by molar-refractivity contribution is -0.733. The molecule has 1 aliphatic heterocycles. The standard InChI is InChI=1S/C14H14N4O3/c15-14(19)13-2-1-5-18(9-13)11-21-10-17-6-3-12(4-7-17)8-16-20/h1-9H,10-11H2,(H-,15,19)/p+1. The van der Waals surface area contributed by atoms with Crippen LogP contribution in [-0.2, 0) is 11.5 Å². The molecule has 0 saturated carbocycles. The second-order valence-electron chi connectivity index (χ2n) is 4.31. The number of hydrogen-bond donors (Lipinski definition) is 1. The zero-order valence-electron chi connectivity index (χ0n) is 11.3. The van der Waals surface area contributed by atoms with Gasteiger partial charge in [-0.3, -0.25) is 4.79 Å². The van der Waals surface area contributed by atoms with Crippen molar-refractivity contribution in [3.8, 4) is 0 Å². The molecule has 0 fully saturated rings. The lowest BCUT2D eigenvalue weighted by Gasteiger charge is -2.17. The Hall–Kier alpha value is -2.80. The Labute approximate surface area is 121 Å². The average Bonchev–Trinajstić information content (AvgIpc) is 2.50. The van der Waals surface area contributed by atoms with E-state index in [-0.39, 0.29) is 6.73 Å². The van der Waals surface area contributed by atoms with Gasteiger partial charge in [0.2, 0.25) is 0 Å². The summed E-state index contributed by atoms with van der Waals surface area (Å²) in [6.45, 7) is 0.625. The van der Waals surface area contributed by atoms with E-state index in [0.717, 1.165) is 5.57 Å². The molecule has 0 radical (unpaired) electrons. The van der Waals surface area contributed by atoms with Crippen molar-refractivity contribution in [1.29, 1.82) is 0 Å². The largest absolute Gasteiger partial charge is 0.365 e. The topological polar surface area (TPSA) is 88.9 Å². The predicted octanol–water partition coefficient (Wildman–Crippen LogP) is 0.998. The van der Waals surface area contributed by atoms with Gasteiger partial charge < -0.3 is 15.4 Å². The van der Waals surface area contributed by atoms with E-state index < -0.39 is 5.91 Å². The Kier molecular flexibility index (Phi) is 4.94. The molecule has 1 amide bonds. The Morgan fingerprint density at radius 3 is 2.86 bits per heavy atom. The van der Waals surface area contributed by atoms with Gasteiger partial charge in [-0.2, -0.15) is 4.57 Å². The maximum absolute atomic E-state index is 11.1. The van der Waals surface area contributed by atoms with Crippen molar-refractivity contribution in [2.45, 2.75) is 6.73 Å². The zero-order chi connectivity index (χ0) is 15.1. The molecule has 0 saturated heterocycles. The minimum Gasteiger partial charge on any atom is -0.365 e. The van der Waals surface area contributed by atoms with E-state index in [1.807, 2.05) is 0 Å². The number of allylic oxidation sites excluding steroid dienone is 3. The summed E-state index contributed by atoms with van der Waals surface area (Å²) in [7, 11) is 0. The number of ether oxygens (including phenoxy) is 1. The van der Waals surface area contributed by atoms with Crippen LogP contribution < -0.4 is 10.3 Å². The van der Waals surface area contributed by atoms with Crippen LogP contribution in [0, 0.1) is 4.91 Å². The smallest absolute Gasteiger partial charge is 0.254 e. The van der Waals surface area contributed by atoms with Crippen molar-refractivity contribution >= 4 is 5.91 Å². The maximum atomic E-state index is 11.1. The molecule has 2 rings (SSSR count). The average molecular weight is 287 g/mol. The molecule has 0 aromatic carbocycles. The normalized spacial score (nSPS) is 13.3. The molecule has 0 atom stereocenters. The zero-order valence-corrected chi connectivity index (χ0v) is 11.3. The first kappa shape index (κ1) is 14.6. The van der Waals surface area contributed by atoms with Crippen molar-refractivity contribution in [2.24, 2.45) is 10.9 Å². The van der Waals surface area contributed by atoms with Crippen LogP contribution in [0.25, 0.3) is 0 Å². The molecule has 7 heteroatoms. The summed E-state index contributed by atoms with van der Waals surface area (Å²) in [6.07, 6.45) is 11.7. The van der Waals surface area contributed by atoms with Gasteiger partial charge in [0.05, 0.1) is 6.20 Å². The van der Waals surface area contributed by atoms with Crippen LogP contribution in [0.3, 0.4) is 0 Å². The van der Waals surface area contributed by atoms with Crippen molar-refractivity contribution in [2.75, 3.05) is 6.73 Å². The minimum atomic E-state index is -0.477. The van der Waals surface area contributed by atoms with E-state index >= 15 is 0 Å². The number of aromatic nitrogens is 1.